The van der Waals surface area contributed by atoms with Gasteiger partial charge in [0.05, 0.1) is 0 Å². The van der Waals surface area contributed by atoms with Crippen molar-refractivity contribution in [3.05, 3.63) is 69.7 Å². The largest absolute Gasteiger partial charge is 0.347 e. The van der Waals surface area contributed by atoms with Gasteiger partial charge in [0.1, 0.15) is 5.71 Å². The SMILES string of the molecule is Cc1ccc(C(=N)C(=O)NCc2ccc(Cl)cc2)c(C)c1. The quantitative estimate of drug-likeness (QED) is 0.832. The van der Waals surface area contributed by atoms with Gasteiger partial charge in [-0.2, -0.15) is 0 Å². The van der Waals surface area contributed by atoms with Crippen molar-refractivity contribution in [2.75, 3.05) is 0 Å². The van der Waals surface area contributed by atoms with Gasteiger partial charge < -0.3 is 5.32 Å². The highest BCUT2D eigenvalue weighted by Gasteiger charge is 2.13. The van der Waals surface area contributed by atoms with E-state index < -0.39 is 0 Å². The van der Waals surface area contributed by atoms with Crippen LogP contribution in [-0.2, 0) is 11.3 Å². The van der Waals surface area contributed by atoms with Gasteiger partial charge in [-0.15, -0.1) is 0 Å². The molecule has 108 valence electrons. The zero-order chi connectivity index (χ0) is 15.4. The lowest BCUT2D eigenvalue weighted by Crippen LogP contribution is -2.31. The van der Waals surface area contributed by atoms with Crippen LogP contribution < -0.4 is 5.32 Å². The molecule has 2 aromatic carbocycles. The molecule has 0 fully saturated rings. The third-order valence-corrected chi connectivity index (χ3v) is 3.50. The lowest BCUT2D eigenvalue weighted by Gasteiger charge is -2.09. The second-order valence-corrected chi connectivity index (χ2v) is 5.44. The van der Waals surface area contributed by atoms with E-state index in [0.717, 1.165) is 16.7 Å². The fourth-order valence-corrected chi connectivity index (χ4v) is 2.22. The van der Waals surface area contributed by atoms with Crippen LogP contribution >= 0.6 is 11.6 Å². The smallest absolute Gasteiger partial charge is 0.270 e. The minimum atomic E-state index is -0.378. The van der Waals surface area contributed by atoms with Gasteiger partial charge in [-0.1, -0.05) is 47.5 Å². The van der Waals surface area contributed by atoms with E-state index in [1.807, 2.05) is 44.2 Å². The average Bonchev–Trinajstić information content (AvgIpc) is 2.45. The number of nitrogens with one attached hydrogen (secondary N) is 2. The Morgan fingerprint density at radius 3 is 2.43 bits per heavy atom. The first-order chi connectivity index (χ1) is 9.97. The molecule has 1 amide bonds. The second kappa shape index (κ2) is 6.55. The highest BCUT2D eigenvalue weighted by molar-refractivity contribution is 6.44. The lowest BCUT2D eigenvalue weighted by atomic mass is 10.0. The zero-order valence-electron chi connectivity index (χ0n) is 12.0. The Hall–Kier alpha value is -2.13. The summed E-state index contributed by atoms with van der Waals surface area (Å²) in [5.74, 6) is -0.378. The minimum Gasteiger partial charge on any atom is -0.347 e. The number of amides is 1. The third kappa shape index (κ3) is 3.92. The van der Waals surface area contributed by atoms with Gasteiger partial charge in [0.15, 0.2) is 0 Å². The van der Waals surface area contributed by atoms with E-state index in [9.17, 15) is 4.79 Å². The molecule has 0 atom stereocenters. The predicted octanol–water partition coefficient (Wildman–Crippen LogP) is 3.64. The van der Waals surface area contributed by atoms with Gasteiger partial charge in [0.25, 0.3) is 5.91 Å². The number of rotatable bonds is 4. The zero-order valence-corrected chi connectivity index (χ0v) is 12.8. The molecule has 0 saturated carbocycles. The Kier molecular flexibility index (Phi) is 4.76. The second-order valence-electron chi connectivity index (χ2n) is 5.00. The van der Waals surface area contributed by atoms with Crippen molar-refractivity contribution in [3.63, 3.8) is 0 Å². The summed E-state index contributed by atoms with van der Waals surface area (Å²) in [7, 11) is 0. The summed E-state index contributed by atoms with van der Waals surface area (Å²) in [6, 6.07) is 12.9. The van der Waals surface area contributed by atoms with Crippen molar-refractivity contribution in [1.82, 2.24) is 5.32 Å². The molecule has 2 N–H and O–H groups in total. The van der Waals surface area contributed by atoms with Crippen LogP contribution in [0.2, 0.25) is 5.02 Å². The number of carbonyl (C=O) groups excluding carboxylic acids is 1. The molecule has 3 nitrogen and oxygen atoms in total. The number of hydrogen-bond acceptors (Lipinski definition) is 2. The van der Waals surface area contributed by atoms with E-state index in [-0.39, 0.29) is 11.6 Å². The van der Waals surface area contributed by atoms with Gasteiger partial charge in [-0.25, -0.2) is 0 Å². The molecule has 0 unspecified atom stereocenters. The summed E-state index contributed by atoms with van der Waals surface area (Å²) in [5, 5.41) is 11.4. The van der Waals surface area contributed by atoms with Gasteiger partial charge in [-0.05, 0) is 37.1 Å². The number of halogens is 1. The molecular formula is C17H17ClN2O. The topological polar surface area (TPSA) is 53.0 Å². The molecular weight excluding hydrogens is 284 g/mol. The first kappa shape index (κ1) is 15.3. The summed E-state index contributed by atoms with van der Waals surface area (Å²) in [4.78, 5) is 12.1. The molecule has 0 radical (unpaired) electrons. The van der Waals surface area contributed by atoms with E-state index in [0.29, 0.717) is 17.1 Å². The highest BCUT2D eigenvalue weighted by atomic mass is 35.5. The van der Waals surface area contributed by atoms with Crippen LogP contribution in [0.15, 0.2) is 42.5 Å². The number of hydrogen-bond donors (Lipinski definition) is 2. The fourth-order valence-electron chi connectivity index (χ4n) is 2.09. The summed E-state index contributed by atoms with van der Waals surface area (Å²) < 4.78 is 0. The van der Waals surface area contributed by atoms with Gasteiger partial charge in [-0.3, -0.25) is 10.2 Å². The molecule has 21 heavy (non-hydrogen) atoms. The normalized spacial score (nSPS) is 10.2. The van der Waals surface area contributed by atoms with E-state index in [1.54, 1.807) is 12.1 Å². The molecule has 0 aliphatic rings. The van der Waals surface area contributed by atoms with Crippen LogP contribution in [-0.4, -0.2) is 11.6 Å². The molecule has 2 rings (SSSR count). The first-order valence-corrected chi connectivity index (χ1v) is 7.04. The molecule has 0 bridgehead atoms. The molecule has 2 aromatic rings. The lowest BCUT2D eigenvalue weighted by molar-refractivity contribution is -0.114. The van der Waals surface area contributed by atoms with Crippen LogP contribution in [0.4, 0.5) is 0 Å². The molecule has 0 aliphatic carbocycles. The van der Waals surface area contributed by atoms with Crippen molar-refractivity contribution in [2.45, 2.75) is 20.4 Å². The van der Waals surface area contributed by atoms with Crippen LogP contribution in [0.3, 0.4) is 0 Å². The Morgan fingerprint density at radius 2 is 1.81 bits per heavy atom. The summed E-state index contributed by atoms with van der Waals surface area (Å²) in [5.41, 5.74) is 3.64. The third-order valence-electron chi connectivity index (χ3n) is 3.24. The van der Waals surface area contributed by atoms with Crippen molar-refractivity contribution < 1.29 is 4.79 Å². The number of aryl methyl sites for hydroxylation is 2. The number of carbonyl (C=O) groups is 1. The summed E-state index contributed by atoms with van der Waals surface area (Å²) in [6.07, 6.45) is 0. The Morgan fingerprint density at radius 1 is 1.14 bits per heavy atom. The monoisotopic (exact) mass is 300 g/mol. The van der Waals surface area contributed by atoms with E-state index in [4.69, 9.17) is 17.0 Å². The van der Waals surface area contributed by atoms with Crippen molar-refractivity contribution >= 4 is 23.2 Å². The number of benzene rings is 2. The van der Waals surface area contributed by atoms with Crippen LogP contribution in [0.25, 0.3) is 0 Å². The van der Waals surface area contributed by atoms with E-state index >= 15 is 0 Å². The van der Waals surface area contributed by atoms with E-state index in [1.165, 1.54) is 0 Å². The molecule has 0 aliphatic heterocycles. The van der Waals surface area contributed by atoms with E-state index in [2.05, 4.69) is 5.32 Å². The molecule has 0 spiro atoms. The van der Waals surface area contributed by atoms with Crippen molar-refractivity contribution in [1.29, 1.82) is 5.41 Å². The summed E-state index contributed by atoms with van der Waals surface area (Å²) in [6.45, 7) is 4.27. The van der Waals surface area contributed by atoms with Crippen molar-refractivity contribution in [2.24, 2.45) is 0 Å². The van der Waals surface area contributed by atoms with Crippen molar-refractivity contribution in [3.8, 4) is 0 Å². The predicted molar refractivity (Wildman–Crippen MR) is 86.0 cm³/mol. The Bertz CT molecular complexity index is 678. The Balaban J connectivity index is 2.02. The van der Waals surface area contributed by atoms with Crippen LogP contribution in [0.5, 0.6) is 0 Å². The molecule has 0 aromatic heterocycles. The first-order valence-electron chi connectivity index (χ1n) is 6.66. The molecule has 0 saturated heterocycles. The van der Waals surface area contributed by atoms with Gasteiger partial charge in [0, 0.05) is 17.1 Å². The summed E-state index contributed by atoms with van der Waals surface area (Å²) >= 11 is 5.81. The average molecular weight is 301 g/mol. The maximum Gasteiger partial charge on any atom is 0.270 e. The van der Waals surface area contributed by atoms with Crippen LogP contribution in [0.1, 0.15) is 22.3 Å². The fraction of sp³-hybridized carbons (Fsp3) is 0.176. The van der Waals surface area contributed by atoms with Crippen LogP contribution in [0, 0.1) is 19.3 Å². The standard InChI is InChI=1S/C17H17ClN2O/c1-11-3-8-15(12(2)9-11)16(19)17(21)20-10-13-4-6-14(18)7-5-13/h3-9,19H,10H2,1-2H3,(H,20,21). The maximum absolute atomic E-state index is 12.1. The molecule has 0 heterocycles. The maximum atomic E-state index is 12.1. The van der Waals surface area contributed by atoms with Gasteiger partial charge >= 0.3 is 0 Å². The molecule has 4 heteroatoms. The highest BCUT2D eigenvalue weighted by Crippen LogP contribution is 2.12. The Labute approximate surface area is 129 Å². The minimum absolute atomic E-state index is 0.0125. The van der Waals surface area contributed by atoms with Gasteiger partial charge in [0.2, 0.25) is 0 Å².